The summed E-state index contributed by atoms with van der Waals surface area (Å²) in [6.07, 6.45) is 0.965. The van der Waals surface area contributed by atoms with Crippen molar-refractivity contribution < 1.29 is 19.0 Å². The molecule has 3 aromatic rings. The minimum Gasteiger partial charge on any atom is -0.493 e. The van der Waals surface area contributed by atoms with Crippen molar-refractivity contribution in [2.75, 3.05) is 32.8 Å². The number of hydrogen-bond donors (Lipinski definition) is 0. The molecule has 3 rings (SSSR count). The number of rotatable bonds is 8. The molecular formula is C24H27NO4. The van der Waals surface area contributed by atoms with E-state index >= 15 is 0 Å². The molecule has 3 aromatic carbocycles. The van der Waals surface area contributed by atoms with Gasteiger partial charge >= 0.3 is 0 Å². The van der Waals surface area contributed by atoms with Gasteiger partial charge in [0.05, 0.1) is 27.0 Å². The number of ether oxygens (including phenoxy) is 3. The zero-order valence-electron chi connectivity index (χ0n) is 17.4. The molecule has 5 heteroatoms. The number of fused-ring (bicyclic) bond motifs is 1. The number of amides is 1. The topological polar surface area (TPSA) is 48.0 Å². The van der Waals surface area contributed by atoms with E-state index in [1.807, 2.05) is 48.2 Å². The van der Waals surface area contributed by atoms with Crippen LogP contribution in [0.25, 0.3) is 10.8 Å². The van der Waals surface area contributed by atoms with Crippen molar-refractivity contribution in [3.05, 3.63) is 60.2 Å². The maximum Gasteiger partial charge on any atom is 0.227 e. The number of hydrogen-bond acceptors (Lipinski definition) is 4. The van der Waals surface area contributed by atoms with E-state index in [9.17, 15) is 4.79 Å². The molecule has 0 saturated heterocycles. The van der Waals surface area contributed by atoms with Crippen LogP contribution in [0.3, 0.4) is 0 Å². The van der Waals surface area contributed by atoms with E-state index in [2.05, 4.69) is 18.2 Å². The van der Waals surface area contributed by atoms with E-state index in [4.69, 9.17) is 14.2 Å². The number of benzene rings is 3. The first kappa shape index (κ1) is 20.5. The Kier molecular flexibility index (Phi) is 6.60. The lowest BCUT2D eigenvalue weighted by Gasteiger charge is -2.23. The quantitative estimate of drug-likeness (QED) is 0.549. The second-order valence-electron chi connectivity index (χ2n) is 6.67. The van der Waals surface area contributed by atoms with Crippen LogP contribution in [-0.4, -0.2) is 33.8 Å². The highest BCUT2D eigenvalue weighted by atomic mass is 16.5. The van der Waals surface area contributed by atoms with Gasteiger partial charge in [0.2, 0.25) is 11.7 Å². The summed E-state index contributed by atoms with van der Waals surface area (Å²) in [5.41, 5.74) is 1.90. The summed E-state index contributed by atoms with van der Waals surface area (Å²) < 4.78 is 16.2. The average molecular weight is 393 g/mol. The van der Waals surface area contributed by atoms with Crippen LogP contribution in [-0.2, 0) is 11.2 Å². The van der Waals surface area contributed by atoms with Crippen LogP contribution in [0, 0.1) is 0 Å². The number of carbonyl (C=O) groups is 1. The fraction of sp³-hybridized carbons (Fsp3) is 0.292. The molecule has 152 valence electrons. The molecular weight excluding hydrogens is 366 g/mol. The van der Waals surface area contributed by atoms with Gasteiger partial charge in [-0.2, -0.15) is 0 Å². The van der Waals surface area contributed by atoms with Crippen molar-refractivity contribution in [1.82, 2.24) is 0 Å². The van der Waals surface area contributed by atoms with Crippen LogP contribution in [0.5, 0.6) is 17.2 Å². The molecule has 29 heavy (non-hydrogen) atoms. The summed E-state index contributed by atoms with van der Waals surface area (Å²) >= 11 is 0. The van der Waals surface area contributed by atoms with Gasteiger partial charge < -0.3 is 19.1 Å². The third kappa shape index (κ3) is 4.29. The highest BCUT2D eigenvalue weighted by molar-refractivity contribution is 6.03. The summed E-state index contributed by atoms with van der Waals surface area (Å²) in [6, 6.07) is 18.0. The van der Waals surface area contributed by atoms with Crippen molar-refractivity contribution in [1.29, 1.82) is 0 Å². The van der Waals surface area contributed by atoms with Crippen molar-refractivity contribution >= 4 is 22.4 Å². The van der Waals surface area contributed by atoms with Gasteiger partial charge in [0, 0.05) is 18.4 Å². The fourth-order valence-corrected chi connectivity index (χ4v) is 3.59. The molecule has 0 aliphatic heterocycles. The lowest BCUT2D eigenvalue weighted by atomic mass is 10.1. The molecule has 0 aliphatic carbocycles. The number of methoxy groups -OCH3 is 3. The summed E-state index contributed by atoms with van der Waals surface area (Å²) in [7, 11) is 4.75. The number of carbonyl (C=O) groups excluding carboxylic acids is 1. The van der Waals surface area contributed by atoms with Crippen LogP contribution in [0.4, 0.5) is 5.69 Å². The van der Waals surface area contributed by atoms with Gasteiger partial charge in [-0.3, -0.25) is 4.79 Å². The Morgan fingerprint density at radius 1 is 0.897 bits per heavy atom. The predicted molar refractivity (Wildman–Crippen MR) is 116 cm³/mol. The van der Waals surface area contributed by atoms with Crippen LogP contribution in [0.15, 0.2) is 54.6 Å². The van der Waals surface area contributed by atoms with Gasteiger partial charge in [-0.1, -0.05) is 36.4 Å². The first-order valence-corrected chi connectivity index (χ1v) is 9.69. The third-order valence-electron chi connectivity index (χ3n) is 5.03. The summed E-state index contributed by atoms with van der Waals surface area (Å²) in [5.74, 6) is 1.82. The zero-order chi connectivity index (χ0) is 20.8. The maximum atomic E-state index is 13.1. The molecule has 0 unspecified atom stereocenters. The molecule has 1 amide bonds. The fourth-order valence-electron chi connectivity index (χ4n) is 3.59. The van der Waals surface area contributed by atoms with Crippen molar-refractivity contribution in [3.63, 3.8) is 0 Å². The average Bonchev–Trinajstić information content (AvgIpc) is 2.77. The maximum absolute atomic E-state index is 13.1. The minimum atomic E-state index is 0.0811. The smallest absolute Gasteiger partial charge is 0.227 e. The van der Waals surface area contributed by atoms with Gasteiger partial charge in [0.25, 0.3) is 0 Å². The molecule has 0 N–H and O–H groups in total. The first-order valence-electron chi connectivity index (χ1n) is 9.69. The largest absolute Gasteiger partial charge is 0.493 e. The molecule has 0 spiro atoms. The molecule has 5 nitrogen and oxygen atoms in total. The second-order valence-corrected chi connectivity index (χ2v) is 6.67. The Hall–Kier alpha value is -3.21. The van der Waals surface area contributed by atoms with Crippen LogP contribution >= 0.6 is 0 Å². The van der Waals surface area contributed by atoms with Gasteiger partial charge in [-0.15, -0.1) is 0 Å². The summed E-state index contributed by atoms with van der Waals surface area (Å²) in [5, 5.41) is 2.21. The molecule has 0 atom stereocenters. The van der Waals surface area contributed by atoms with E-state index in [0.29, 0.717) is 36.6 Å². The number of anilines is 1. The Balaban J connectivity index is 1.82. The van der Waals surface area contributed by atoms with E-state index in [1.165, 1.54) is 0 Å². The molecule has 0 fully saturated rings. The van der Waals surface area contributed by atoms with E-state index in [-0.39, 0.29) is 5.91 Å². The van der Waals surface area contributed by atoms with Gasteiger partial charge in [0.1, 0.15) is 0 Å². The lowest BCUT2D eigenvalue weighted by molar-refractivity contribution is -0.118. The van der Waals surface area contributed by atoms with Crippen molar-refractivity contribution in [2.45, 2.75) is 19.8 Å². The second kappa shape index (κ2) is 9.32. The third-order valence-corrected chi connectivity index (χ3v) is 5.03. The normalized spacial score (nSPS) is 10.6. The van der Waals surface area contributed by atoms with Crippen LogP contribution in [0.2, 0.25) is 0 Å². The van der Waals surface area contributed by atoms with Crippen LogP contribution in [0.1, 0.15) is 18.9 Å². The predicted octanol–water partition coefficient (Wildman–Crippen LogP) is 4.85. The van der Waals surface area contributed by atoms with E-state index < -0.39 is 0 Å². The highest BCUT2D eigenvalue weighted by Crippen LogP contribution is 2.38. The van der Waals surface area contributed by atoms with E-state index in [0.717, 1.165) is 22.0 Å². The molecule has 0 aliphatic rings. The van der Waals surface area contributed by atoms with Gasteiger partial charge in [0.15, 0.2) is 11.5 Å². The summed E-state index contributed by atoms with van der Waals surface area (Å²) in [6.45, 7) is 2.61. The first-order chi connectivity index (χ1) is 14.1. The molecule has 0 bridgehead atoms. The standard InChI is InChI=1S/C24H27NO4/c1-5-25(20-12-8-10-18-9-6-7-11-19(18)20)23(26)14-13-17-15-21(27-2)24(29-4)22(16-17)28-3/h6-12,15-16H,5,13-14H2,1-4H3. The number of aryl methyl sites for hydroxylation is 1. The van der Waals surface area contributed by atoms with E-state index in [1.54, 1.807) is 21.3 Å². The van der Waals surface area contributed by atoms with Gasteiger partial charge in [-0.05, 0) is 42.5 Å². The van der Waals surface area contributed by atoms with Crippen molar-refractivity contribution in [2.24, 2.45) is 0 Å². The van der Waals surface area contributed by atoms with Crippen LogP contribution < -0.4 is 19.1 Å². The lowest BCUT2D eigenvalue weighted by Crippen LogP contribution is -2.31. The summed E-state index contributed by atoms with van der Waals surface area (Å²) in [4.78, 5) is 14.9. The molecule has 0 heterocycles. The Labute approximate surface area is 171 Å². The Morgan fingerprint density at radius 2 is 1.55 bits per heavy atom. The number of nitrogens with zero attached hydrogens (tertiary/aromatic N) is 1. The highest BCUT2D eigenvalue weighted by Gasteiger charge is 2.18. The molecule has 0 aromatic heterocycles. The minimum absolute atomic E-state index is 0.0811. The SMILES string of the molecule is CCN(C(=O)CCc1cc(OC)c(OC)c(OC)c1)c1cccc2ccccc12. The monoisotopic (exact) mass is 393 g/mol. The Bertz CT molecular complexity index is 969. The zero-order valence-corrected chi connectivity index (χ0v) is 17.4. The van der Waals surface area contributed by atoms with Gasteiger partial charge in [-0.25, -0.2) is 0 Å². The Morgan fingerprint density at radius 3 is 2.17 bits per heavy atom. The van der Waals surface area contributed by atoms with Crippen molar-refractivity contribution in [3.8, 4) is 17.2 Å². The molecule has 0 saturated carbocycles. The molecule has 0 radical (unpaired) electrons.